The first kappa shape index (κ1) is 13.9. The predicted octanol–water partition coefficient (Wildman–Crippen LogP) is 1.71. The number of carbonyl (C=O) groups is 4. The van der Waals surface area contributed by atoms with E-state index in [4.69, 9.17) is 0 Å². The van der Waals surface area contributed by atoms with Gasteiger partial charge in [-0.05, 0) is 36.4 Å². The Morgan fingerprint density at radius 3 is 1.33 bits per heavy atom. The number of rotatable bonds is 0. The molecule has 2 aromatic rings. The molecule has 0 N–H and O–H groups in total. The van der Waals surface area contributed by atoms with Crippen LogP contribution < -0.4 is 0 Å². The summed E-state index contributed by atoms with van der Waals surface area (Å²) in [5, 5.41) is 0. The molecule has 0 atom stereocenters. The van der Waals surface area contributed by atoms with E-state index in [1.54, 1.807) is 12.1 Å². The zero-order valence-electron chi connectivity index (χ0n) is 11.9. The van der Waals surface area contributed by atoms with Crippen molar-refractivity contribution >= 4 is 23.9 Å². The number of fused-ring (bicyclic) bond motifs is 2. The summed E-state index contributed by atoms with van der Waals surface area (Å²) < 4.78 is 9.02. The van der Waals surface area contributed by atoms with Gasteiger partial charge in [-0.3, -0.25) is 0 Å². The Hall–Kier alpha value is -3.72. The van der Waals surface area contributed by atoms with Gasteiger partial charge in [0.2, 0.25) is 0 Å². The molecule has 4 rings (SSSR count). The summed E-state index contributed by atoms with van der Waals surface area (Å²) in [7, 11) is 0. The Labute approximate surface area is 135 Å². The lowest BCUT2D eigenvalue weighted by atomic mass is 10.0. The zero-order valence-corrected chi connectivity index (χ0v) is 11.9. The minimum atomic E-state index is -0.697. The Kier molecular flexibility index (Phi) is 2.84. The fraction of sp³-hybridized carbons (Fsp3) is 0. The average Bonchev–Trinajstić information content (AvgIpc) is 3.02. The summed E-state index contributed by atoms with van der Waals surface area (Å²) in [6.45, 7) is 0. The van der Waals surface area contributed by atoms with Crippen molar-refractivity contribution in [3.05, 3.63) is 69.8 Å². The summed E-state index contributed by atoms with van der Waals surface area (Å²) in [4.78, 5) is 45.8. The van der Waals surface area contributed by atoms with E-state index < -0.39 is 23.9 Å². The Morgan fingerprint density at radius 1 is 0.542 bits per heavy atom. The predicted molar refractivity (Wildman–Crippen MR) is 78.4 cm³/mol. The summed E-state index contributed by atoms with van der Waals surface area (Å²) in [5.74, 6) is 2.94. The normalized spacial score (nSPS) is 14.5. The molecule has 0 amide bonds. The third kappa shape index (κ3) is 2.08. The van der Waals surface area contributed by atoms with Crippen LogP contribution in [0.4, 0.5) is 0 Å². The number of esters is 4. The topological polar surface area (TPSA) is 86.7 Å². The molecule has 0 saturated heterocycles. The molecule has 0 fully saturated rings. The van der Waals surface area contributed by atoms with Gasteiger partial charge in [0, 0.05) is 11.1 Å². The van der Waals surface area contributed by atoms with Crippen LogP contribution in [-0.2, 0) is 9.47 Å². The maximum atomic E-state index is 11.5. The maximum Gasteiger partial charge on any atom is 0.346 e. The molecule has 0 spiro atoms. The summed E-state index contributed by atoms with van der Waals surface area (Å²) in [6, 6.07) is 9.09. The maximum absolute atomic E-state index is 11.5. The highest BCUT2D eigenvalue weighted by Gasteiger charge is 2.30. The second kappa shape index (κ2) is 4.89. The SMILES string of the molecule is O=C1OC(=O)c2cc(C#Cc3ccc4c(c3)C(=O)OC4=O)ccc21. The van der Waals surface area contributed by atoms with Gasteiger partial charge in [-0.25, -0.2) is 19.2 Å². The fourth-order valence-electron chi connectivity index (χ4n) is 2.47. The quantitative estimate of drug-likeness (QED) is 0.417. The van der Waals surface area contributed by atoms with Crippen LogP contribution in [0.2, 0.25) is 0 Å². The lowest BCUT2D eigenvalue weighted by molar-refractivity contribution is 0.0425. The van der Waals surface area contributed by atoms with E-state index >= 15 is 0 Å². The molecule has 0 aromatic heterocycles. The molecule has 24 heavy (non-hydrogen) atoms. The third-order valence-electron chi connectivity index (χ3n) is 3.64. The molecule has 6 nitrogen and oxygen atoms in total. The average molecular weight is 318 g/mol. The van der Waals surface area contributed by atoms with Crippen LogP contribution in [0.5, 0.6) is 0 Å². The zero-order chi connectivity index (χ0) is 16.8. The smallest absolute Gasteiger partial charge is 0.346 e. The Bertz CT molecular complexity index is 954. The van der Waals surface area contributed by atoms with Crippen molar-refractivity contribution in [2.45, 2.75) is 0 Å². The van der Waals surface area contributed by atoms with Crippen molar-refractivity contribution in [3.8, 4) is 11.8 Å². The monoisotopic (exact) mass is 318 g/mol. The van der Waals surface area contributed by atoms with Crippen molar-refractivity contribution < 1.29 is 28.7 Å². The highest BCUT2D eigenvalue weighted by atomic mass is 16.6. The molecular weight excluding hydrogens is 312 g/mol. The highest BCUT2D eigenvalue weighted by molar-refractivity contribution is 6.15. The molecule has 0 unspecified atom stereocenters. The minimum Gasteiger partial charge on any atom is -0.386 e. The summed E-state index contributed by atoms with van der Waals surface area (Å²) in [5.41, 5.74) is 1.80. The molecule has 0 aliphatic carbocycles. The number of hydrogen-bond donors (Lipinski definition) is 0. The standard InChI is InChI=1S/C18H6O6/c19-15-11-5-3-9(7-13(11)17(21)23-15)1-2-10-4-6-12-14(8-10)18(22)24-16(12)20/h3-8H. The molecular formula is C18H6O6. The number of cyclic esters (lactones) is 4. The molecule has 114 valence electrons. The summed E-state index contributed by atoms with van der Waals surface area (Å²) in [6.07, 6.45) is 0. The first-order valence-corrected chi connectivity index (χ1v) is 6.86. The Balaban J connectivity index is 1.69. The van der Waals surface area contributed by atoms with Gasteiger partial charge in [0.25, 0.3) is 0 Å². The number of carbonyl (C=O) groups excluding carboxylic acids is 4. The molecule has 0 radical (unpaired) electrons. The van der Waals surface area contributed by atoms with Crippen LogP contribution in [0.15, 0.2) is 36.4 Å². The molecule has 0 saturated carbocycles. The van der Waals surface area contributed by atoms with Crippen molar-refractivity contribution in [1.29, 1.82) is 0 Å². The van der Waals surface area contributed by atoms with Crippen LogP contribution in [-0.4, -0.2) is 23.9 Å². The van der Waals surface area contributed by atoms with Gasteiger partial charge in [0.15, 0.2) is 0 Å². The lowest BCUT2D eigenvalue weighted by Crippen LogP contribution is -1.96. The van der Waals surface area contributed by atoms with E-state index in [9.17, 15) is 19.2 Å². The molecule has 2 aliphatic heterocycles. The first-order valence-electron chi connectivity index (χ1n) is 6.86. The van der Waals surface area contributed by atoms with Crippen LogP contribution in [0.3, 0.4) is 0 Å². The van der Waals surface area contributed by atoms with Crippen LogP contribution in [0, 0.1) is 11.8 Å². The van der Waals surface area contributed by atoms with E-state index in [2.05, 4.69) is 21.3 Å². The van der Waals surface area contributed by atoms with Crippen molar-refractivity contribution in [2.24, 2.45) is 0 Å². The molecule has 6 heteroatoms. The van der Waals surface area contributed by atoms with E-state index in [1.807, 2.05) is 0 Å². The first-order chi connectivity index (χ1) is 11.5. The number of hydrogen-bond acceptors (Lipinski definition) is 6. The van der Waals surface area contributed by atoms with E-state index in [1.165, 1.54) is 24.3 Å². The third-order valence-corrected chi connectivity index (χ3v) is 3.64. The van der Waals surface area contributed by atoms with Crippen LogP contribution >= 0.6 is 0 Å². The molecule has 2 aliphatic rings. The van der Waals surface area contributed by atoms with Crippen molar-refractivity contribution in [3.63, 3.8) is 0 Å². The fourth-order valence-corrected chi connectivity index (χ4v) is 2.47. The molecule has 2 heterocycles. The van der Waals surface area contributed by atoms with Gasteiger partial charge >= 0.3 is 23.9 Å². The van der Waals surface area contributed by atoms with Crippen LogP contribution in [0.1, 0.15) is 52.6 Å². The van der Waals surface area contributed by atoms with Gasteiger partial charge < -0.3 is 9.47 Å². The minimum absolute atomic E-state index is 0.176. The largest absolute Gasteiger partial charge is 0.386 e. The lowest BCUT2D eigenvalue weighted by Gasteiger charge is -1.95. The number of benzene rings is 2. The second-order valence-electron chi connectivity index (χ2n) is 5.12. The van der Waals surface area contributed by atoms with Gasteiger partial charge in [0.1, 0.15) is 0 Å². The van der Waals surface area contributed by atoms with E-state index in [0.717, 1.165) is 0 Å². The summed E-state index contributed by atoms with van der Waals surface area (Å²) >= 11 is 0. The van der Waals surface area contributed by atoms with E-state index in [0.29, 0.717) is 11.1 Å². The van der Waals surface area contributed by atoms with Gasteiger partial charge in [0.05, 0.1) is 22.3 Å². The molecule has 0 bridgehead atoms. The second-order valence-corrected chi connectivity index (χ2v) is 5.12. The number of ether oxygens (including phenoxy) is 2. The van der Waals surface area contributed by atoms with Gasteiger partial charge in [-0.15, -0.1) is 0 Å². The van der Waals surface area contributed by atoms with Gasteiger partial charge in [-0.1, -0.05) is 11.8 Å². The Morgan fingerprint density at radius 2 is 0.917 bits per heavy atom. The highest BCUT2D eigenvalue weighted by Crippen LogP contribution is 2.22. The van der Waals surface area contributed by atoms with Crippen LogP contribution in [0.25, 0.3) is 0 Å². The van der Waals surface area contributed by atoms with E-state index in [-0.39, 0.29) is 22.3 Å². The molecule has 2 aromatic carbocycles. The van der Waals surface area contributed by atoms with Crippen molar-refractivity contribution in [1.82, 2.24) is 0 Å². The van der Waals surface area contributed by atoms with Gasteiger partial charge in [-0.2, -0.15) is 0 Å². The van der Waals surface area contributed by atoms with Crippen molar-refractivity contribution in [2.75, 3.05) is 0 Å².